The van der Waals surface area contributed by atoms with Crippen molar-refractivity contribution in [2.45, 2.75) is 27.7 Å². The van der Waals surface area contributed by atoms with Gasteiger partial charge in [-0.15, -0.1) is 0 Å². The molecule has 0 aliphatic carbocycles. The fourth-order valence-electron chi connectivity index (χ4n) is 0.973. The molecule has 0 spiro atoms. The maximum atomic E-state index is 4.48. The minimum atomic E-state index is 0.944. The van der Waals surface area contributed by atoms with Crippen molar-refractivity contribution in [3.63, 3.8) is 0 Å². The molecule has 0 aliphatic heterocycles. The monoisotopic (exact) mass is 189 g/mol. The summed E-state index contributed by atoms with van der Waals surface area (Å²) in [4.78, 5) is 4.48. The summed E-state index contributed by atoms with van der Waals surface area (Å²) in [5, 5.41) is 0. The number of allylic oxidation sites excluding steroid dienone is 5. The third-order valence-corrected chi connectivity index (χ3v) is 1.94. The molecule has 0 rings (SSSR count). The fourth-order valence-corrected chi connectivity index (χ4v) is 0.973. The molecule has 0 aromatic heterocycles. The Hall–Kier alpha value is -1.37. The van der Waals surface area contributed by atoms with Crippen molar-refractivity contribution in [1.29, 1.82) is 0 Å². The van der Waals surface area contributed by atoms with Gasteiger partial charge in [-0.3, -0.25) is 4.99 Å². The molecule has 0 saturated carbocycles. The average molecular weight is 189 g/mol. The van der Waals surface area contributed by atoms with E-state index in [9.17, 15) is 0 Å². The standard InChI is InChI=1S/C13H19N/c1-7-9-11(5)12(6)14-13(8-2)10(3)4/h7-9H,1,3H2,2,4-6H3/b11-9+,13-8-,14-12-. The number of nitrogens with zero attached hydrogens (tertiary/aromatic N) is 1. The third kappa shape index (κ3) is 4.04. The largest absolute Gasteiger partial charge is 0.254 e. The van der Waals surface area contributed by atoms with Crippen LogP contribution in [0.25, 0.3) is 0 Å². The molecule has 0 amide bonds. The molecule has 0 heterocycles. The molecule has 0 fully saturated rings. The van der Waals surface area contributed by atoms with E-state index in [1.807, 2.05) is 39.8 Å². The number of hydrogen-bond donors (Lipinski definition) is 0. The molecule has 0 radical (unpaired) electrons. The lowest BCUT2D eigenvalue weighted by molar-refractivity contribution is 1.26. The maximum absolute atomic E-state index is 4.48. The second-order valence-corrected chi connectivity index (χ2v) is 3.24. The van der Waals surface area contributed by atoms with Gasteiger partial charge in [-0.2, -0.15) is 0 Å². The van der Waals surface area contributed by atoms with Crippen molar-refractivity contribution < 1.29 is 0 Å². The lowest BCUT2D eigenvalue weighted by Gasteiger charge is -2.03. The zero-order valence-electron chi connectivity index (χ0n) is 9.59. The zero-order valence-corrected chi connectivity index (χ0v) is 9.59. The van der Waals surface area contributed by atoms with Crippen LogP contribution in [0.2, 0.25) is 0 Å². The molecular weight excluding hydrogens is 170 g/mol. The second kappa shape index (κ2) is 6.14. The predicted octanol–water partition coefficient (Wildman–Crippen LogP) is 4.06. The molecule has 0 aromatic rings. The smallest absolute Gasteiger partial charge is 0.0613 e. The molecule has 0 aliphatic rings. The van der Waals surface area contributed by atoms with Crippen molar-refractivity contribution in [3.05, 3.63) is 48.2 Å². The molecule has 0 bridgehead atoms. The first-order chi connectivity index (χ1) is 6.52. The van der Waals surface area contributed by atoms with Gasteiger partial charge in [0.1, 0.15) is 0 Å². The predicted molar refractivity (Wildman–Crippen MR) is 65.6 cm³/mol. The molecule has 0 atom stereocenters. The number of rotatable bonds is 4. The van der Waals surface area contributed by atoms with E-state index in [0.717, 1.165) is 22.6 Å². The van der Waals surface area contributed by atoms with E-state index in [1.54, 1.807) is 6.08 Å². The van der Waals surface area contributed by atoms with Crippen LogP contribution in [0.15, 0.2) is 53.2 Å². The van der Waals surface area contributed by atoms with Gasteiger partial charge >= 0.3 is 0 Å². The molecule has 1 heteroatoms. The number of hydrogen-bond acceptors (Lipinski definition) is 1. The minimum absolute atomic E-state index is 0.944. The van der Waals surface area contributed by atoms with Crippen LogP contribution in [0.4, 0.5) is 0 Å². The minimum Gasteiger partial charge on any atom is -0.254 e. The third-order valence-electron chi connectivity index (χ3n) is 1.94. The van der Waals surface area contributed by atoms with Gasteiger partial charge < -0.3 is 0 Å². The number of aliphatic imine (C=N–C) groups is 1. The highest BCUT2D eigenvalue weighted by Gasteiger charge is 1.97. The van der Waals surface area contributed by atoms with Crippen LogP contribution in [-0.4, -0.2) is 5.71 Å². The van der Waals surface area contributed by atoms with Crippen molar-refractivity contribution in [2.75, 3.05) is 0 Å². The fraction of sp³-hybridized carbons (Fsp3) is 0.308. The molecule has 0 saturated heterocycles. The summed E-state index contributed by atoms with van der Waals surface area (Å²) in [5.74, 6) is 0. The maximum Gasteiger partial charge on any atom is 0.0613 e. The summed E-state index contributed by atoms with van der Waals surface area (Å²) >= 11 is 0. The van der Waals surface area contributed by atoms with E-state index in [-0.39, 0.29) is 0 Å². The van der Waals surface area contributed by atoms with Gasteiger partial charge in [-0.1, -0.05) is 31.4 Å². The van der Waals surface area contributed by atoms with Crippen molar-refractivity contribution >= 4 is 5.71 Å². The van der Waals surface area contributed by atoms with E-state index in [1.165, 1.54) is 0 Å². The molecule has 0 N–H and O–H groups in total. The summed E-state index contributed by atoms with van der Waals surface area (Å²) in [6.45, 7) is 15.5. The van der Waals surface area contributed by atoms with Gasteiger partial charge in [-0.05, 0) is 38.8 Å². The lowest BCUT2D eigenvalue weighted by Crippen LogP contribution is -1.94. The molecule has 0 unspecified atom stereocenters. The first-order valence-electron chi connectivity index (χ1n) is 4.70. The SMILES string of the molecule is C=C/C=C(C)/C(C)=N\C(=C/C)C(=C)C. The van der Waals surface area contributed by atoms with Gasteiger partial charge in [0.2, 0.25) is 0 Å². The topological polar surface area (TPSA) is 12.4 Å². The Kier molecular flexibility index (Phi) is 5.54. The lowest BCUT2D eigenvalue weighted by atomic mass is 10.1. The van der Waals surface area contributed by atoms with Gasteiger partial charge in [-0.25, -0.2) is 0 Å². The van der Waals surface area contributed by atoms with Crippen LogP contribution in [0.5, 0.6) is 0 Å². The Balaban J connectivity index is 4.92. The Morgan fingerprint density at radius 2 is 1.79 bits per heavy atom. The zero-order chi connectivity index (χ0) is 11.1. The molecule has 76 valence electrons. The van der Waals surface area contributed by atoms with Gasteiger partial charge in [0.15, 0.2) is 0 Å². The highest BCUT2D eigenvalue weighted by molar-refractivity contribution is 5.98. The normalized spacial score (nSPS) is 14.1. The quantitative estimate of drug-likeness (QED) is 0.467. The highest BCUT2D eigenvalue weighted by Crippen LogP contribution is 2.10. The van der Waals surface area contributed by atoms with Crippen LogP contribution in [0.3, 0.4) is 0 Å². The molecule has 14 heavy (non-hydrogen) atoms. The van der Waals surface area contributed by atoms with E-state index in [0.29, 0.717) is 0 Å². The van der Waals surface area contributed by atoms with Crippen LogP contribution in [0, 0.1) is 0 Å². The Morgan fingerprint density at radius 1 is 1.21 bits per heavy atom. The second-order valence-electron chi connectivity index (χ2n) is 3.24. The van der Waals surface area contributed by atoms with Gasteiger partial charge in [0.05, 0.1) is 5.70 Å². The van der Waals surface area contributed by atoms with E-state index in [4.69, 9.17) is 0 Å². The summed E-state index contributed by atoms with van der Waals surface area (Å²) in [5.41, 5.74) is 4.05. The van der Waals surface area contributed by atoms with E-state index < -0.39 is 0 Å². The summed E-state index contributed by atoms with van der Waals surface area (Å²) in [7, 11) is 0. The molecule has 1 nitrogen and oxygen atoms in total. The summed E-state index contributed by atoms with van der Waals surface area (Å²) < 4.78 is 0. The highest BCUT2D eigenvalue weighted by atomic mass is 14.8. The van der Waals surface area contributed by atoms with Crippen molar-refractivity contribution in [1.82, 2.24) is 0 Å². The van der Waals surface area contributed by atoms with Crippen LogP contribution >= 0.6 is 0 Å². The Labute approximate surface area is 87.3 Å². The summed E-state index contributed by atoms with van der Waals surface area (Å²) in [6.07, 6.45) is 5.68. The first-order valence-corrected chi connectivity index (χ1v) is 4.70. The van der Waals surface area contributed by atoms with Gasteiger partial charge in [0.25, 0.3) is 0 Å². The molecular formula is C13H19N. The van der Waals surface area contributed by atoms with Crippen LogP contribution < -0.4 is 0 Å². The average Bonchev–Trinajstić information content (AvgIpc) is 2.13. The van der Waals surface area contributed by atoms with E-state index in [2.05, 4.69) is 18.2 Å². The van der Waals surface area contributed by atoms with Crippen LogP contribution in [-0.2, 0) is 0 Å². The summed E-state index contributed by atoms with van der Waals surface area (Å²) in [6, 6.07) is 0. The first kappa shape index (κ1) is 12.6. The van der Waals surface area contributed by atoms with Crippen molar-refractivity contribution in [2.24, 2.45) is 4.99 Å². The Bertz CT molecular complexity index is 314. The molecule has 0 aromatic carbocycles. The van der Waals surface area contributed by atoms with Crippen molar-refractivity contribution in [3.8, 4) is 0 Å². The van der Waals surface area contributed by atoms with Gasteiger partial charge in [0, 0.05) is 5.71 Å². The van der Waals surface area contributed by atoms with Crippen LogP contribution in [0.1, 0.15) is 27.7 Å². The van der Waals surface area contributed by atoms with E-state index >= 15 is 0 Å². The Morgan fingerprint density at radius 3 is 2.14 bits per heavy atom.